The molecule has 0 radical (unpaired) electrons. The summed E-state index contributed by atoms with van der Waals surface area (Å²) in [6.45, 7) is 7.41. The first-order chi connectivity index (χ1) is 8.10. The average Bonchev–Trinajstić information content (AvgIpc) is 2.30. The van der Waals surface area contributed by atoms with E-state index in [0.717, 1.165) is 38.9 Å². The fraction of sp³-hybridized carbons (Fsp3) is 1.00. The zero-order valence-corrected chi connectivity index (χ0v) is 11.9. The van der Waals surface area contributed by atoms with Gasteiger partial charge in [-0.05, 0) is 44.7 Å². The second kappa shape index (κ2) is 7.34. The lowest BCUT2D eigenvalue weighted by molar-refractivity contribution is 0.288. The van der Waals surface area contributed by atoms with E-state index in [4.69, 9.17) is 0 Å². The van der Waals surface area contributed by atoms with E-state index in [-0.39, 0.29) is 5.75 Å². The molecule has 0 spiro atoms. The Morgan fingerprint density at radius 3 is 2.35 bits per heavy atom. The molecule has 0 saturated carbocycles. The monoisotopic (exact) mass is 262 g/mol. The summed E-state index contributed by atoms with van der Waals surface area (Å²) < 4.78 is 25.9. The highest BCUT2D eigenvalue weighted by Crippen LogP contribution is 2.16. The van der Waals surface area contributed by atoms with Gasteiger partial charge in [0.25, 0.3) is 0 Å². The van der Waals surface area contributed by atoms with E-state index in [1.165, 1.54) is 0 Å². The van der Waals surface area contributed by atoms with Crippen LogP contribution in [0.4, 0.5) is 0 Å². The van der Waals surface area contributed by atoms with E-state index in [2.05, 4.69) is 5.32 Å². The van der Waals surface area contributed by atoms with Gasteiger partial charge in [-0.3, -0.25) is 0 Å². The normalized spacial score (nSPS) is 18.8. The Kier molecular flexibility index (Phi) is 6.44. The molecule has 102 valence electrons. The Morgan fingerprint density at radius 1 is 1.18 bits per heavy atom. The van der Waals surface area contributed by atoms with Crippen molar-refractivity contribution in [3.63, 3.8) is 0 Å². The number of hydrogen-bond acceptors (Lipinski definition) is 3. The lowest BCUT2D eigenvalue weighted by Gasteiger charge is -2.29. The summed E-state index contributed by atoms with van der Waals surface area (Å²) in [4.78, 5) is 0. The van der Waals surface area contributed by atoms with Crippen molar-refractivity contribution in [3.8, 4) is 0 Å². The van der Waals surface area contributed by atoms with E-state index in [0.29, 0.717) is 18.9 Å². The molecular weight excluding hydrogens is 236 g/mol. The van der Waals surface area contributed by atoms with Gasteiger partial charge in [-0.1, -0.05) is 13.8 Å². The summed E-state index contributed by atoms with van der Waals surface area (Å²) in [6, 6.07) is 0. The van der Waals surface area contributed by atoms with Crippen LogP contribution in [0.15, 0.2) is 0 Å². The third-order valence-corrected chi connectivity index (χ3v) is 5.29. The van der Waals surface area contributed by atoms with Crippen LogP contribution < -0.4 is 5.32 Å². The van der Waals surface area contributed by atoms with Gasteiger partial charge in [-0.25, -0.2) is 12.7 Å². The van der Waals surface area contributed by atoms with Crippen molar-refractivity contribution in [2.45, 2.75) is 39.5 Å². The van der Waals surface area contributed by atoms with Crippen molar-refractivity contribution in [2.75, 3.05) is 31.9 Å². The molecule has 1 heterocycles. The molecule has 0 atom stereocenters. The highest BCUT2D eigenvalue weighted by atomic mass is 32.2. The molecule has 1 N–H and O–H groups in total. The van der Waals surface area contributed by atoms with Crippen molar-refractivity contribution >= 4 is 10.0 Å². The minimum atomic E-state index is -3.02. The minimum absolute atomic E-state index is 0.290. The molecule has 0 aromatic carbocycles. The van der Waals surface area contributed by atoms with Crippen molar-refractivity contribution in [1.29, 1.82) is 0 Å². The lowest BCUT2D eigenvalue weighted by Crippen LogP contribution is -2.40. The van der Waals surface area contributed by atoms with E-state index in [1.807, 2.05) is 13.8 Å². The number of sulfonamides is 1. The van der Waals surface area contributed by atoms with Crippen LogP contribution in [0.3, 0.4) is 0 Å². The first kappa shape index (κ1) is 14.9. The zero-order valence-electron chi connectivity index (χ0n) is 11.1. The molecular formula is C12H26N2O2S. The van der Waals surface area contributed by atoms with Crippen LogP contribution in [-0.4, -0.2) is 44.7 Å². The molecule has 1 rings (SSSR count). The molecule has 0 aromatic heterocycles. The van der Waals surface area contributed by atoms with Gasteiger partial charge in [0.2, 0.25) is 10.0 Å². The maximum Gasteiger partial charge on any atom is 0.214 e. The Hall–Kier alpha value is -0.130. The van der Waals surface area contributed by atoms with E-state index < -0.39 is 10.0 Å². The molecule has 5 heteroatoms. The Morgan fingerprint density at radius 2 is 1.82 bits per heavy atom. The van der Waals surface area contributed by atoms with Gasteiger partial charge in [0.15, 0.2) is 0 Å². The van der Waals surface area contributed by atoms with Gasteiger partial charge in [0.1, 0.15) is 0 Å². The van der Waals surface area contributed by atoms with Gasteiger partial charge < -0.3 is 5.32 Å². The number of rotatable bonds is 7. The number of piperidine rings is 1. The van der Waals surface area contributed by atoms with Crippen LogP contribution >= 0.6 is 0 Å². The van der Waals surface area contributed by atoms with Crippen LogP contribution in [0.5, 0.6) is 0 Å². The van der Waals surface area contributed by atoms with Gasteiger partial charge in [-0.15, -0.1) is 0 Å². The van der Waals surface area contributed by atoms with Crippen LogP contribution in [0.2, 0.25) is 0 Å². The standard InChI is InChI=1S/C12H26N2O2S/c1-3-9-14(17(15,16)10-4-2)11-12-5-7-13-8-6-12/h12-13H,3-11H2,1-2H3. The third kappa shape index (κ3) is 4.94. The molecule has 17 heavy (non-hydrogen) atoms. The highest BCUT2D eigenvalue weighted by molar-refractivity contribution is 7.89. The van der Waals surface area contributed by atoms with E-state index in [1.54, 1.807) is 4.31 Å². The summed E-state index contributed by atoms with van der Waals surface area (Å²) in [5.41, 5.74) is 0. The average molecular weight is 262 g/mol. The van der Waals surface area contributed by atoms with Crippen LogP contribution in [0, 0.1) is 5.92 Å². The number of nitrogens with zero attached hydrogens (tertiary/aromatic N) is 1. The van der Waals surface area contributed by atoms with Crippen molar-refractivity contribution in [2.24, 2.45) is 5.92 Å². The van der Waals surface area contributed by atoms with Crippen LogP contribution in [0.25, 0.3) is 0 Å². The summed E-state index contributed by atoms with van der Waals surface area (Å²) in [5.74, 6) is 0.826. The first-order valence-electron chi connectivity index (χ1n) is 6.78. The largest absolute Gasteiger partial charge is 0.317 e. The second-order valence-corrected chi connectivity index (χ2v) is 6.96. The maximum atomic E-state index is 12.1. The summed E-state index contributed by atoms with van der Waals surface area (Å²) in [7, 11) is -3.02. The van der Waals surface area contributed by atoms with E-state index in [9.17, 15) is 8.42 Å². The molecule has 1 fully saturated rings. The molecule has 4 nitrogen and oxygen atoms in total. The number of nitrogens with one attached hydrogen (secondary N) is 1. The molecule has 0 aromatic rings. The maximum absolute atomic E-state index is 12.1. The summed E-state index contributed by atoms with van der Waals surface area (Å²) >= 11 is 0. The van der Waals surface area contributed by atoms with Gasteiger partial charge in [0.05, 0.1) is 5.75 Å². The Labute approximate surface area is 106 Å². The number of hydrogen-bond donors (Lipinski definition) is 1. The summed E-state index contributed by atoms with van der Waals surface area (Å²) in [5, 5.41) is 3.32. The van der Waals surface area contributed by atoms with Crippen molar-refractivity contribution in [3.05, 3.63) is 0 Å². The highest BCUT2D eigenvalue weighted by Gasteiger charge is 2.24. The Bertz CT molecular complexity index is 298. The van der Waals surface area contributed by atoms with Gasteiger partial charge >= 0.3 is 0 Å². The molecule has 1 aliphatic rings. The Balaban J connectivity index is 2.58. The minimum Gasteiger partial charge on any atom is -0.317 e. The topological polar surface area (TPSA) is 49.4 Å². The predicted molar refractivity (Wildman–Crippen MR) is 71.5 cm³/mol. The molecule has 1 saturated heterocycles. The lowest BCUT2D eigenvalue weighted by atomic mass is 9.98. The molecule has 0 amide bonds. The van der Waals surface area contributed by atoms with Gasteiger partial charge in [0, 0.05) is 13.1 Å². The predicted octanol–water partition coefficient (Wildman–Crippen LogP) is 1.44. The second-order valence-electron chi connectivity index (χ2n) is 4.87. The van der Waals surface area contributed by atoms with Crippen LogP contribution in [0.1, 0.15) is 39.5 Å². The summed E-state index contributed by atoms with van der Waals surface area (Å²) in [6.07, 6.45) is 3.80. The molecule has 0 unspecified atom stereocenters. The third-order valence-electron chi connectivity index (χ3n) is 3.25. The van der Waals surface area contributed by atoms with Crippen molar-refractivity contribution in [1.82, 2.24) is 9.62 Å². The fourth-order valence-corrected chi connectivity index (χ4v) is 4.01. The molecule has 0 bridgehead atoms. The smallest absolute Gasteiger partial charge is 0.214 e. The van der Waals surface area contributed by atoms with Crippen LogP contribution in [-0.2, 0) is 10.0 Å². The van der Waals surface area contributed by atoms with Crippen molar-refractivity contribution < 1.29 is 8.42 Å². The quantitative estimate of drug-likeness (QED) is 0.755. The molecule has 0 aliphatic carbocycles. The molecule has 1 aliphatic heterocycles. The SMILES string of the molecule is CCCN(CC1CCNCC1)S(=O)(=O)CCC. The van der Waals surface area contributed by atoms with Gasteiger partial charge in [-0.2, -0.15) is 0 Å². The first-order valence-corrected chi connectivity index (χ1v) is 8.39. The van der Waals surface area contributed by atoms with E-state index >= 15 is 0 Å². The fourth-order valence-electron chi connectivity index (χ4n) is 2.33. The zero-order chi connectivity index (χ0) is 12.7.